The number of thioether (sulfide) groups is 1. The zero-order chi connectivity index (χ0) is 21.0. The number of methoxy groups -OCH3 is 1. The molecule has 0 aliphatic rings. The summed E-state index contributed by atoms with van der Waals surface area (Å²) in [5.74, 6) is 0.878. The first-order valence-corrected chi connectivity index (χ1v) is 10.3. The van der Waals surface area contributed by atoms with Gasteiger partial charge in [0.15, 0.2) is 16.7 Å². The monoisotopic (exact) mass is 447 g/mol. The fourth-order valence-electron chi connectivity index (χ4n) is 2.62. The molecule has 0 atom stereocenters. The van der Waals surface area contributed by atoms with E-state index < -0.39 is 5.56 Å². The molecule has 0 amide bonds. The number of aromatic nitrogens is 2. The first kappa shape index (κ1) is 21.1. The smallest absolute Gasteiger partial charge is 0.270 e. The SMILES string of the molecule is COc1cc(-c2nc(SC)[nH]c(=O)c2C#N)ccc1OCc1c(Cl)cccc1Cl. The van der Waals surface area contributed by atoms with Gasteiger partial charge in [0.1, 0.15) is 18.2 Å². The maximum Gasteiger partial charge on any atom is 0.270 e. The summed E-state index contributed by atoms with van der Waals surface area (Å²) in [6.07, 6.45) is 1.78. The van der Waals surface area contributed by atoms with Crippen molar-refractivity contribution in [2.75, 3.05) is 13.4 Å². The maximum atomic E-state index is 12.2. The second-order valence-electron chi connectivity index (χ2n) is 5.77. The van der Waals surface area contributed by atoms with E-state index in [0.29, 0.717) is 37.8 Å². The third-order valence-electron chi connectivity index (χ3n) is 4.07. The van der Waals surface area contributed by atoms with E-state index in [0.717, 1.165) is 0 Å². The minimum Gasteiger partial charge on any atom is -0.493 e. The molecule has 9 heteroatoms. The highest BCUT2D eigenvalue weighted by Crippen LogP contribution is 2.34. The summed E-state index contributed by atoms with van der Waals surface area (Å²) in [6.45, 7) is 0.150. The number of hydrogen-bond donors (Lipinski definition) is 1. The predicted molar refractivity (Wildman–Crippen MR) is 114 cm³/mol. The molecular weight excluding hydrogens is 433 g/mol. The van der Waals surface area contributed by atoms with Crippen LogP contribution in [0.4, 0.5) is 0 Å². The molecule has 1 N–H and O–H groups in total. The van der Waals surface area contributed by atoms with Gasteiger partial charge in [0.25, 0.3) is 5.56 Å². The van der Waals surface area contributed by atoms with Crippen LogP contribution in [0.3, 0.4) is 0 Å². The molecule has 0 radical (unpaired) electrons. The summed E-state index contributed by atoms with van der Waals surface area (Å²) in [4.78, 5) is 19.1. The van der Waals surface area contributed by atoms with E-state index in [4.69, 9.17) is 32.7 Å². The van der Waals surface area contributed by atoms with Crippen molar-refractivity contribution >= 4 is 35.0 Å². The number of hydrogen-bond acceptors (Lipinski definition) is 6. The van der Waals surface area contributed by atoms with Crippen molar-refractivity contribution in [2.24, 2.45) is 0 Å². The number of benzene rings is 2. The fourth-order valence-corrected chi connectivity index (χ4v) is 3.50. The Morgan fingerprint density at radius 3 is 2.55 bits per heavy atom. The number of nitrogens with zero attached hydrogens (tertiary/aromatic N) is 2. The molecule has 1 aromatic heterocycles. The van der Waals surface area contributed by atoms with E-state index in [1.54, 1.807) is 42.7 Å². The van der Waals surface area contributed by atoms with Gasteiger partial charge < -0.3 is 14.5 Å². The van der Waals surface area contributed by atoms with E-state index in [-0.39, 0.29) is 17.9 Å². The highest BCUT2D eigenvalue weighted by atomic mass is 35.5. The lowest BCUT2D eigenvalue weighted by atomic mass is 10.1. The van der Waals surface area contributed by atoms with Crippen LogP contribution in [-0.2, 0) is 6.61 Å². The van der Waals surface area contributed by atoms with Crippen molar-refractivity contribution in [2.45, 2.75) is 11.8 Å². The molecule has 148 valence electrons. The Balaban J connectivity index is 1.97. The van der Waals surface area contributed by atoms with Crippen LogP contribution in [0.1, 0.15) is 11.1 Å². The van der Waals surface area contributed by atoms with E-state index in [9.17, 15) is 10.1 Å². The third-order valence-corrected chi connectivity index (χ3v) is 5.36. The molecule has 3 aromatic rings. The number of ether oxygens (including phenoxy) is 2. The Labute approximate surface area is 181 Å². The minimum absolute atomic E-state index is 0.0682. The Morgan fingerprint density at radius 2 is 1.93 bits per heavy atom. The van der Waals surface area contributed by atoms with Crippen LogP contribution >= 0.6 is 35.0 Å². The van der Waals surface area contributed by atoms with Gasteiger partial charge in [-0.2, -0.15) is 5.26 Å². The Kier molecular flexibility index (Phi) is 6.70. The average molecular weight is 448 g/mol. The lowest BCUT2D eigenvalue weighted by molar-refractivity contribution is 0.285. The number of nitriles is 1. The lowest BCUT2D eigenvalue weighted by Crippen LogP contribution is -2.14. The largest absolute Gasteiger partial charge is 0.493 e. The van der Waals surface area contributed by atoms with Crippen LogP contribution in [0.5, 0.6) is 11.5 Å². The highest BCUT2D eigenvalue weighted by Gasteiger charge is 2.16. The van der Waals surface area contributed by atoms with E-state index in [2.05, 4.69) is 9.97 Å². The van der Waals surface area contributed by atoms with Gasteiger partial charge in [-0.05, 0) is 36.6 Å². The maximum absolute atomic E-state index is 12.2. The van der Waals surface area contributed by atoms with Crippen LogP contribution in [0, 0.1) is 11.3 Å². The standard InChI is InChI=1S/C20H15Cl2N3O3S/c1-27-17-8-11(18-12(9-23)19(26)25-20(24-18)29-2)6-7-16(17)28-10-13-14(21)4-3-5-15(13)22/h3-8H,10H2,1-2H3,(H,24,25,26). The normalized spacial score (nSPS) is 10.4. The molecule has 0 saturated carbocycles. The van der Waals surface area contributed by atoms with Gasteiger partial charge in [-0.25, -0.2) is 4.98 Å². The van der Waals surface area contributed by atoms with Crippen LogP contribution in [-0.4, -0.2) is 23.3 Å². The van der Waals surface area contributed by atoms with Gasteiger partial charge >= 0.3 is 0 Å². The van der Waals surface area contributed by atoms with Gasteiger partial charge in [0.05, 0.1) is 12.8 Å². The predicted octanol–water partition coefficient (Wildman–Crippen LogP) is 4.92. The van der Waals surface area contributed by atoms with Gasteiger partial charge in [-0.15, -0.1) is 0 Å². The second-order valence-corrected chi connectivity index (χ2v) is 7.37. The average Bonchev–Trinajstić information content (AvgIpc) is 2.72. The zero-order valence-corrected chi connectivity index (χ0v) is 17.8. The van der Waals surface area contributed by atoms with Crippen molar-refractivity contribution in [3.63, 3.8) is 0 Å². The van der Waals surface area contributed by atoms with E-state index >= 15 is 0 Å². The summed E-state index contributed by atoms with van der Waals surface area (Å²) >= 11 is 13.6. The summed E-state index contributed by atoms with van der Waals surface area (Å²) < 4.78 is 11.3. The number of H-pyrrole nitrogens is 1. The van der Waals surface area contributed by atoms with E-state index in [1.807, 2.05) is 6.07 Å². The minimum atomic E-state index is -0.491. The van der Waals surface area contributed by atoms with Crippen LogP contribution in [0.15, 0.2) is 46.3 Å². The molecule has 1 heterocycles. The molecule has 0 aliphatic carbocycles. The summed E-state index contributed by atoms with van der Waals surface area (Å²) in [5.41, 5.74) is 0.938. The van der Waals surface area contributed by atoms with Crippen molar-refractivity contribution in [3.8, 4) is 28.8 Å². The lowest BCUT2D eigenvalue weighted by Gasteiger charge is -2.14. The molecule has 3 rings (SSSR count). The van der Waals surface area contributed by atoms with Crippen molar-refractivity contribution in [1.82, 2.24) is 9.97 Å². The molecule has 0 saturated heterocycles. The highest BCUT2D eigenvalue weighted by molar-refractivity contribution is 7.98. The molecule has 0 aliphatic heterocycles. The van der Waals surface area contributed by atoms with Crippen molar-refractivity contribution in [3.05, 3.63) is 67.9 Å². The summed E-state index contributed by atoms with van der Waals surface area (Å²) in [7, 11) is 1.50. The van der Waals surface area contributed by atoms with E-state index in [1.165, 1.54) is 18.9 Å². The Morgan fingerprint density at radius 1 is 1.21 bits per heavy atom. The molecule has 2 aromatic carbocycles. The van der Waals surface area contributed by atoms with Crippen LogP contribution in [0.25, 0.3) is 11.3 Å². The Bertz CT molecular complexity index is 1140. The summed E-state index contributed by atoms with van der Waals surface area (Å²) in [5, 5.41) is 10.8. The third kappa shape index (κ3) is 4.51. The molecular formula is C20H15Cl2N3O3S. The van der Waals surface area contributed by atoms with Gasteiger partial charge in [0, 0.05) is 21.2 Å². The van der Waals surface area contributed by atoms with Gasteiger partial charge in [-0.3, -0.25) is 4.79 Å². The molecule has 0 spiro atoms. The zero-order valence-electron chi connectivity index (χ0n) is 15.5. The molecule has 0 unspecified atom stereocenters. The first-order valence-electron chi connectivity index (χ1n) is 8.31. The molecule has 29 heavy (non-hydrogen) atoms. The fraction of sp³-hybridized carbons (Fsp3) is 0.150. The quantitative estimate of drug-likeness (QED) is 0.425. The summed E-state index contributed by atoms with van der Waals surface area (Å²) in [6, 6.07) is 12.2. The molecule has 0 fully saturated rings. The van der Waals surface area contributed by atoms with Crippen LogP contribution in [0.2, 0.25) is 10.0 Å². The number of rotatable bonds is 6. The Hall–Kier alpha value is -2.66. The molecule has 6 nitrogen and oxygen atoms in total. The van der Waals surface area contributed by atoms with Crippen LogP contribution < -0.4 is 15.0 Å². The first-order chi connectivity index (χ1) is 14.0. The number of halogens is 2. The molecule has 0 bridgehead atoms. The number of aromatic amines is 1. The topological polar surface area (TPSA) is 88.0 Å². The number of nitrogens with one attached hydrogen (secondary N) is 1. The van der Waals surface area contributed by atoms with Crippen molar-refractivity contribution in [1.29, 1.82) is 5.26 Å². The van der Waals surface area contributed by atoms with Crippen molar-refractivity contribution < 1.29 is 9.47 Å². The second kappa shape index (κ2) is 9.23. The van der Waals surface area contributed by atoms with Gasteiger partial charge in [0.2, 0.25) is 0 Å². The van der Waals surface area contributed by atoms with Gasteiger partial charge in [-0.1, -0.05) is 41.0 Å².